The Balaban J connectivity index is 2.50. The summed E-state index contributed by atoms with van der Waals surface area (Å²) in [6, 6.07) is 5.85. The summed E-state index contributed by atoms with van der Waals surface area (Å²) in [5.41, 5.74) is 2.19. The van der Waals surface area contributed by atoms with Crippen LogP contribution in [0.5, 0.6) is 5.75 Å². The van der Waals surface area contributed by atoms with Crippen LogP contribution in [0.2, 0.25) is 0 Å². The van der Waals surface area contributed by atoms with Gasteiger partial charge in [0.2, 0.25) is 5.91 Å². The first-order chi connectivity index (χ1) is 7.13. The van der Waals surface area contributed by atoms with E-state index in [1.807, 2.05) is 25.2 Å². The summed E-state index contributed by atoms with van der Waals surface area (Å²) in [4.78, 5) is 13.3. The van der Waals surface area contributed by atoms with Crippen LogP contribution in [0.4, 0.5) is 5.69 Å². The van der Waals surface area contributed by atoms with Crippen LogP contribution in [0.15, 0.2) is 18.2 Å². The van der Waals surface area contributed by atoms with Gasteiger partial charge in [0.15, 0.2) is 0 Å². The number of amides is 1. The molecule has 0 radical (unpaired) electrons. The molecule has 15 heavy (non-hydrogen) atoms. The minimum absolute atomic E-state index is 0.181. The summed E-state index contributed by atoms with van der Waals surface area (Å²) >= 11 is 0. The van der Waals surface area contributed by atoms with E-state index in [4.69, 9.17) is 4.74 Å². The Kier molecular flexibility index (Phi) is 2.39. The Bertz CT molecular complexity index is 401. The van der Waals surface area contributed by atoms with E-state index in [9.17, 15) is 4.79 Å². The fourth-order valence-corrected chi connectivity index (χ4v) is 2.00. The van der Waals surface area contributed by atoms with Crippen molar-refractivity contribution >= 4 is 11.6 Å². The van der Waals surface area contributed by atoms with E-state index in [0.29, 0.717) is 6.42 Å². The standard InChI is InChI=1S/C12H15NO2/c1-8-6-12(14)13(2)11-5-4-9(15-3)7-10(8)11/h4-5,7-8H,6H2,1-3H3. The Morgan fingerprint density at radius 2 is 2.20 bits per heavy atom. The molecule has 0 fully saturated rings. The molecule has 3 heteroatoms. The molecule has 0 spiro atoms. The molecule has 0 bridgehead atoms. The molecule has 0 saturated heterocycles. The van der Waals surface area contributed by atoms with E-state index in [-0.39, 0.29) is 11.8 Å². The number of methoxy groups -OCH3 is 1. The molecule has 1 atom stereocenters. The zero-order valence-corrected chi connectivity index (χ0v) is 9.28. The van der Waals surface area contributed by atoms with E-state index in [0.717, 1.165) is 11.4 Å². The highest BCUT2D eigenvalue weighted by Gasteiger charge is 2.26. The molecule has 2 rings (SSSR count). The van der Waals surface area contributed by atoms with Gasteiger partial charge in [0.25, 0.3) is 0 Å². The van der Waals surface area contributed by atoms with E-state index in [1.165, 1.54) is 5.56 Å². The molecule has 0 aliphatic carbocycles. The fraction of sp³-hybridized carbons (Fsp3) is 0.417. The number of carbonyl (C=O) groups is 1. The molecule has 1 aromatic carbocycles. The van der Waals surface area contributed by atoms with Crippen molar-refractivity contribution in [1.82, 2.24) is 0 Å². The van der Waals surface area contributed by atoms with Gasteiger partial charge in [-0.2, -0.15) is 0 Å². The molecule has 3 nitrogen and oxygen atoms in total. The van der Waals surface area contributed by atoms with E-state index in [2.05, 4.69) is 6.92 Å². The highest BCUT2D eigenvalue weighted by molar-refractivity contribution is 5.96. The van der Waals surface area contributed by atoms with Gasteiger partial charge >= 0.3 is 0 Å². The number of anilines is 1. The Morgan fingerprint density at radius 1 is 1.47 bits per heavy atom. The van der Waals surface area contributed by atoms with Gasteiger partial charge in [-0.1, -0.05) is 6.92 Å². The third-order valence-corrected chi connectivity index (χ3v) is 2.98. The van der Waals surface area contributed by atoms with Crippen molar-refractivity contribution in [3.8, 4) is 5.75 Å². The SMILES string of the molecule is COc1ccc2c(c1)C(C)CC(=O)N2C. The number of ether oxygens (including phenoxy) is 1. The average molecular weight is 205 g/mol. The van der Waals surface area contributed by atoms with Crippen LogP contribution in [0, 0.1) is 0 Å². The number of benzene rings is 1. The van der Waals surface area contributed by atoms with Gasteiger partial charge in [0.1, 0.15) is 5.75 Å². The van der Waals surface area contributed by atoms with Gasteiger partial charge in [-0.25, -0.2) is 0 Å². The summed E-state index contributed by atoms with van der Waals surface area (Å²) in [7, 11) is 3.48. The van der Waals surface area contributed by atoms with Gasteiger partial charge in [-0.15, -0.1) is 0 Å². The quantitative estimate of drug-likeness (QED) is 0.703. The lowest BCUT2D eigenvalue weighted by Crippen LogP contribution is -2.32. The molecule has 1 aromatic rings. The second-order valence-corrected chi connectivity index (χ2v) is 3.98. The van der Waals surface area contributed by atoms with Crippen LogP contribution >= 0.6 is 0 Å². The smallest absolute Gasteiger partial charge is 0.227 e. The average Bonchev–Trinajstić information content (AvgIpc) is 2.25. The first kappa shape index (κ1) is 10.0. The lowest BCUT2D eigenvalue weighted by molar-refractivity contribution is -0.119. The first-order valence-electron chi connectivity index (χ1n) is 5.08. The van der Waals surface area contributed by atoms with Crippen molar-refractivity contribution in [2.75, 3.05) is 19.1 Å². The second kappa shape index (κ2) is 3.57. The van der Waals surface area contributed by atoms with Gasteiger partial charge in [-0.3, -0.25) is 4.79 Å². The van der Waals surface area contributed by atoms with E-state index >= 15 is 0 Å². The van der Waals surface area contributed by atoms with Crippen LogP contribution in [-0.4, -0.2) is 20.1 Å². The summed E-state index contributed by atoms with van der Waals surface area (Å²) < 4.78 is 5.19. The molecule has 0 saturated carbocycles. The maximum Gasteiger partial charge on any atom is 0.227 e. The normalized spacial score (nSPS) is 20.1. The van der Waals surface area contributed by atoms with Gasteiger partial charge in [0, 0.05) is 19.2 Å². The number of hydrogen-bond donors (Lipinski definition) is 0. The van der Waals surface area contributed by atoms with Crippen LogP contribution < -0.4 is 9.64 Å². The van der Waals surface area contributed by atoms with Gasteiger partial charge in [-0.05, 0) is 29.7 Å². The summed E-state index contributed by atoms with van der Waals surface area (Å²) in [5, 5.41) is 0. The third kappa shape index (κ3) is 1.58. The maximum absolute atomic E-state index is 11.6. The summed E-state index contributed by atoms with van der Waals surface area (Å²) in [6.07, 6.45) is 0.580. The third-order valence-electron chi connectivity index (χ3n) is 2.98. The zero-order chi connectivity index (χ0) is 11.0. The molecular formula is C12H15NO2. The summed E-state index contributed by atoms with van der Waals surface area (Å²) in [5.74, 6) is 1.31. The zero-order valence-electron chi connectivity index (χ0n) is 9.28. The molecule has 1 unspecified atom stereocenters. The molecular weight excluding hydrogens is 190 g/mol. The number of rotatable bonds is 1. The molecule has 0 N–H and O–H groups in total. The van der Waals surface area contributed by atoms with E-state index < -0.39 is 0 Å². The summed E-state index contributed by atoms with van der Waals surface area (Å²) in [6.45, 7) is 2.07. The minimum atomic E-state index is 0.181. The van der Waals surface area contributed by atoms with Crippen LogP contribution in [0.3, 0.4) is 0 Å². The van der Waals surface area contributed by atoms with E-state index in [1.54, 1.807) is 12.0 Å². The van der Waals surface area contributed by atoms with Crippen molar-refractivity contribution in [2.24, 2.45) is 0 Å². The van der Waals surface area contributed by atoms with Crippen LogP contribution in [0.1, 0.15) is 24.8 Å². The largest absolute Gasteiger partial charge is 0.497 e. The minimum Gasteiger partial charge on any atom is -0.497 e. The van der Waals surface area contributed by atoms with Crippen molar-refractivity contribution in [3.05, 3.63) is 23.8 Å². The van der Waals surface area contributed by atoms with Crippen LogP contribution in [-0.2, 0) is 4.79 Å². The number of hydrogen-bond acceptors (Lipinski definition) is 2. The lowest BCUT2D eigenvalue weighted by Gasteiger charge is -2.30. The van der Waals surface area contributed by atoms with Gasteiger partial charge < -0.3 is 9.64 Å². The van der Waals surface area contributed by atoms with Gasteiger partial charge in [0.05, 0.1) is 7.11 Å². The molecule has 1 heterocycles. The maximum atomic E-state index is 11.6. The van der Waals surface area contributed by atoms with Crippen molar-refractivity contribution < 1.29 is 9.53 Å². The van der Waals surface area contributed by atoms with Crippen LogP contribution in [0.25, 0.3) is 0 Å². The fourth-order valence-electron chi connectivity index (χ4n) is 2.00. The highest BCUT2D eigenvalue weighted by atomic mass is 16.5. The second-order valence-electron chi connectivity index (χ2n) is 3.98. The Labute approximate surface area is 89.7 Å². The van der Waals surface area contributed by atoms with Crippen molar-refractivity contribution in [2.45, 2.75) is 19.3 Å². The highest BCUT2D eigenvalue weighted by Crippen LogP contribution is 2.36. The predicted molar refractivity (Wildman–Crippen MR) is 59.4 cm³/mol. The molecule has 1 aliphatic heterocycles. The monoisotopic (exact) mass is 205 g/mol. The number of nitrogens with zero attached hydrogens (tertiary/aromatic N) is 1. The Hall–Kier alpha value is -1.51. The number of fused-ring (bicyclic) bond motifs is 1. The lowest BCUT2D eigenvalue weighted by atomic mass is 9.91. The number of carbonyl (C=O) groups excluding carboxylic acids is 1. The molecule has 1 aliphatic rings. The predicted octanol–water partition coefficient (Wildman–Crippen LogP) is 2.17. The molecule has 1 amide bonds. The Morgan fingerprint density at radius 3 is 2.87 bits per heavy atom. The topological polar surface area (TPSA) is 29.5 Å². The van der Waals surface area contributed by atoms with Crippen molar-refractivity contribution in [3.63, 3.8) is 0 Å². The first-order valence-corrected chi connectivity index (χ1v) is 5.08. The van der Waals surface area contributed by atoms with Crippen molar-refractivity contribution in [1.29, 1.82) is 0 Å². The molecule has 80 valence electrons. The molecule has 0 aromatic heterocycles.